The van der Waals surface area contributed by atoms with Crippen molar-refractivity contribution in [3.63, 3.8) is 0 Å². The number of fused-ring (bicyclic) bond motifs is 1. The fourth-order valence-electron chi connectivity index (χ4n) is 3.71. The lowest BCUT2D eigenvalue weighted by molar-refractivity contribution is -0.174. The summed E-state index contributed by atoms with van der Waals surface area (Å²) < 4.78 is 27.4. The van der Waals surface area contributed by atoms with Gasteiger partial charge in [0, 0.05) is 26.1 Å². The van der Waals surface area contributed by atoms with Crippen molar-refractivity contribution in [2.45, 2.75) is 43.4 Å². The average Bonchev–Trinajstić information content (AvgIpc) is 2.66. The molecule has 1 amide bonds. The molecule has 1 saturated heterocycles. The van der Waals surface area contributed by atoms with E-state index < -0.39 is 10.0 Å². The molecule has 0 spiro atoms. The molecule has 1 aliphatic carbocycles. The Hall–Kier alpha value is -1.44. The summed E-state index contributed by atoms with van der Waals surface area (Å²) in [7, 11) is -0.459. The highest BCUT2D eigenvalue weighted by molar-refractivity contribution is 7.89. The Morgan fingerprint density at radius 2 is 1.80 bits per heavy atom. The lowest BCUT2D eigenvalue weighted by Gasteiger charge is -2.32. The zero-order valence-corrected chi connectivity index (χ0v) is 15.7. The normalized spacial score (nSPS) is 19.4. The van der Waals surface area contributed by atoms with Crippen molar-refractivity contribution < 1.29 is 18.0 Å². The average molecular weight is 366 g/mol. The van der Waals surface area contributed by atoms with Gasteiger partial charge in [-0.15, -0.1) is 0 Å². The maximum atomic E-state index is 12.9. The van der Waals surface area contributed by atoms with Crippen molar-refractivity contribution in [3.8, 4) is 0 Å². The maximum Gasteiger partial charge on any atom is 0.249 e. The van der Waals surface area contributed by atoms with Crippen LogP contribution in [0.2, 0.25) is 0 Å². The molecule has 0 N–H and O–H groups in total. The monoisotopic (exact) mass is 366 g/mol. The molecule has 138 valence electrons. The molecule has 6 nitrogen and oxygen atoms in total. The van der Waals surface area contributed by atoms with Gasteiger partial charge in [0.15, 0.2) is 0 Å². The summed E-state index contributed by atoms with van der Waals surface area (Å²) >= 11 is 0. The number of carbonyl (C=O) groups is 1. The van der Waals surface area contributed by atoms with Gasteiger partial charge >= 0.3 is 0 Å². The lowest BCUT2D eigenvalue weighted by atomic mass is 9.92. The first-order valence-electron chi connectivity index (χ1n) is 8.87. The van der Waals surface area contributed by atoms with Crippen LogP contribution < -0.4 is 0 Å². The van der Waals surface area contributed by atoms with Gasteiger partial charge in [-0.25, -0.2) is 13.5 Å². The van der Waals surface area contributed by atoms with Gasteiger partial charge < -0.3 is 0 Å². The Balaban J connectivity index is 1.71. The van der Waals surface area contributed by atoms with Crippen molar-refractivity contribution in [1.29, 1.82) is 0 Å². The van der Waals surface area contributed by atoms with E-state index in [-0.39, 0.29) is 11.8 Å². The third kappa shape index (κ3) is 3.73. The van der Waals surface area contributed by atoms with Gasteiger partial charge in [0.05, 0.1) is 12.0 Å². The van der Waals surface area contributed by atoms with E-state index in [0.29, 0.717) is 30.8 Å². The van der Waals surface area contributed by atoms with Gasteiger partial charge in [0.2, 0.25) is 15.9 Å². The number of rotatable bonds is 4. The van der Waals surface area contributed by atoms with Gasteiger partial charge in [-0.3, -0.25) is 9.63 Å². The minimum absolute atomic E-state index is 0.0895. The molecule has 0 bridgehead atoms. The van der Waals surface area contributed by atoms with E-state index >= 15 is 0 Å². The standard InChI is InChI=1S/C18H26N2O4S/c1-19(24-2)18(21)15-9-11-20(12-10-15)25(22,23)17-8-7-14-5-3-4-6-16(14)13-17/h7-8,13,15H,3-6,9-12H2,1-2H3. The van der Waals surface area contributed by atoms with Crippen LogP contribution in [-0.4, -0.2) is 50.9 Å². The second kappa shape index (κ2) is 7.43. The van der Waals surface area contributed by atoms with Crippen LogP contribution in [0.25, 0.3) is 0 Å². The maximum absolute atomic E-state index is 12.9. The van der Waals surface area contributed by atoms with Crippen LogP contribution in [0, 0.1) is 5.92 Å². The minimum atomic E-state index is -3.49. The summed E-state index contributed by atoms with van der Waals surface area (Å²) in [6.45, 7) is 0.737. The van der Waals surface area contributed by atoms with Gasteiger partial charge in [-0.1, -0.05) is 6.07 Å². The first-order chi connectivity index (χ1) is 11.9. The molecule has 2 aliphatic rings. The van der Waals surface area contributed by atoms with Gasteiger partial charge in [-0.05, 0) is 61.8 Å². The highest BCUT2D eigenvalue weighted by Gasteiger charge is 2.33. The van der Waals surface area contributed by atoms with Crippen molar-refractivity contribution in [2.75, 3.05) is 27.2 Å². The Morgan fingerprint density at radius 1 is 1.16 bits per heavy atom. The fourth-order valence-corrected chi connectivity index (χ4v) is 5.23. The molecule has 0 unspecified atom stereocenters. The number of aryl methyl sites for hydroxylation is 2. The van der Waals surface area contributed by atoms with Crippen LogP contribution in [-0.2, 0) is 32.5 Å². The number of hydrogen-bond donors (Lipinski definition) is 0. The summed E-state index contributed by atoms with van der Waals surface area (Å²) in [5, 5.41) is 1.22. The fraction of sp³-hybridized carbons (Fsp3) is 0.611. The number of benzene rings is 1. The van der Waals surface area contributed by atoms with Gasteiger partial charge in [0.25, 0.3) is 0 Å². The molecule has 1 aromatic carbocycles. The molecule has 1 aromatic rings. The Labute approximate surface area is 149 Å². The van der Waals surface area contributed by atoms with E-state index in [1.165, 1.54) is 34.0 Å². The van der Waals surface area contributed by atoms with Crippen LogP contribution in [0.4, 0.5) is 0 Å². The van der Waals surface area contributed by atoms with E-state index in [0.717, 1.165) is 19.3 Å². The highest BCUT2D eigenvalue weighted by Crippen LogP contribution is 2.28. The predicted octanol–water partition coefficient (Wildman–Crippen LogP) is 1.99. The predicted molar refractivity (Wildman–Crippen MR) is 94.3 cm³/mol. The molecule has 0 radical (unpaired) electrons. The topological polar surface area (TPSA) is 66.9 Å². The molecular formula is C18H26N2O4S. The summed E-state index contributed by atoms with van der Waals surface area (Å²) in [5.41, 5.74) is 2.44. The Kier molecular flexibility index (Phi) is 5.46. The Morgan fingerprint density at radius 3 is 2.44 bits per heavy atom. The molecule has 25 heavy (non-hydrogen) atoms. The van der Waals surface area contributed by atoms with Crippen LogP contribution in [0.5, 0.6) is 0 Å². The molecule has 3 rings (SSSR count). The van der Waals surface area contributed by atoms with Crippen LogP contribution >= 0.6 is 0 Å². The largest absolute Gasteiger partial charge is 0.275 e. The zero-order chi connectivity index (χ0) is 18.0. The number of nitrogens with zero attached hydrogens (tertiary/aromatic N) is 2. The van der Waals surface area contributed by atoms with E-state index in [1.54, 1.807) is 13.1 Å². The third-order valence-corrected chi connectivity index (χ3v) is 7.24. The molecule has 1 aliphatic heterocycles. The first kappa shape index (κ1) is 18.4. The van der Waals surface area contributed by atoms with Crippen molar-refractivity contribution >= 4 is 15.9 Å². The summed E-state index contributed by atoms with van der Waals surface area (Å²) in [5.74, 6) is -0.270. The summed E-state index contributed by atoms with van der Waals surface area (Å²) in [6, 6.07) is 5.54. The lowest BCUT2D eigenvalue weighted by Crippen LogP contribution is -2.43. The molecule has 1 fully saturated rings. The van der Waals surface area contributed by atoms with Crippen LogP contribution in [0.1, 0.15) is 36.8 Å². The quantitative estimate of drug-likeness (QED) is 0.765. The number of hydrogen-bond acceptors (Lipinski definition) is 4. The molecule has 0 saturated carbocycles. The molecular weight excluding hydrogens is 340 g/mol. The smallest absolute Gasteiger partial charge is 0.249 e. The molecule has 0 aromatic heterocycles. The van der Waals surface area contributed by atoms with E-state index in [4.69, 9.17) is 4.84 Å². The van der Waals surface area contributed by atoms with Crippen molar-refractivity contribution in [2.24, 2.45) is 5.92 Å². The van der Waals surface area contributed by atoms with E-state index in [1.807, 2.05) is 12.1 Å². The molecule has 1 heterocycles. The van der Waals surface area contributed by atoms with E-state index in [2.05, 4.69) is 0 Å². The summed E-state index contributed by atoms with van der Waals surface area (Å²) in [4.78, 5) is 17.5. The van der Waals surface area contributed by atoms with Crippen LogP contribution in [0.3, 0.4) is 0 Å². The number of amides is 1. The number of hydroxylamine groups is 2. The molecule has 7 heteroatoms. The number of sulfonamides is 1. The number of carbonyl (C=O) groups excluding carboxylic acids is 1. The van der Waals surface area contributed by atoms with Crippen molar-refractivity contribution in [3.05, 3.63) is 29.3 Å². The second-order valence-corrected chi connectivity index (χ2v) is 8.77. The second-order valence-electron chi connectivity index (χ2n) is 6.83. The Bertz CT molecular complexity index is 739. The van der Waals surface area contributed by atoms with Crippen molar-refractivity contribution in [1.82, 2.24) is 9.37 Å². The SMILES string of the molecule is CON(C)C(=O)C1CCN(S(=O)(=O)c2ccc3c(c2)CCCC3)CC1. The molecule has 0 atom stereocenters. The summed E-state index contributed by atoms with van der Waals surface area (Å²) in [6.07, 6.45) is 5.34. The van der Waals surface area contributed by atoms with E-state index in [9.17, 15) is 13.2 Å². The van der Waals surface area contributed by atoms with Gasteiger partial charge in [-0.2, -0.15) is 4.31 Å². The third-order valence-electron chi connectivity index (χ3n) is 5.35. The highest BCUT2D eigenvalue weighted by atomic mass is 32.2. The van der Waals surface area contributed by atoms with Gasteiger partial charge in [0.1, 0.15) is 0 Å². The minimum Gasteiger partial charge on any atom is -0.275 e. The van der Waals surface area contributed by atoms with Crippen LogP contribution in [0.15, 0.2) is 23.1 Å². The zero-order valence-electron chi connectivity index (χ0n) is 14.9. The first-order valence-corrected chi connectivity index (χ1v) is 10.3. The number of piperidine rings is 1.